The molecule has 34 heavy (non-hydrogen) atoms. The molecule has 5 rings (SSSR count). The third kappa shape index (κ3) is 3.58. The average molecular weight is 469 g/mol. The molecular formula is C23H18F3N5O3. The monoisotopic (exact) mass is 469 g/mol. The Labute approximate surface area is 190 Å². The molecule has 4 aromatic rings. The summed E-state index contributed by atoms with van der Waals surface area (Å²) in [7, 11) is 1.86. The van der Waals surface area contributed by atoms with E-state index in [1.165, 1.54) is 27.8 Å². The molecule has 174 valence electrons. The second-order valence-electron chi connectivity index (χ2n) is 8.03. The Bertz CT molecular complexity index is 1490. The summed E-state index contributed by atoms with van der Waals surface area (Å²) < 4.78 is 41.5. The molecule has 0 saturated carbocycles. The third-order valence-electron chi connectivity index (χ3n) is 6.05. The van der Waals surface area contributed by atoms with Crippen LogP contribution in [0.1, 0.15) is 17.0 Å². The SMILES string of the molecule is Cn1c2c(c3ccc(-n4ccc(-c5ccc(C(F)(F)F)nc5)cc4=O)nc31)CN(C(=O)O)CC2. The van der Waals surface area contributed by atoms with Crippen LogP contribution in [-0.2, 0) is 26.2 Å². The largest absolute Gasteiger partial charge is 0.465 e. The van der Waals surface area contributed by atoms with Crippen molar-refractivity contribution >= 4 is 17.1 Å². The lowest BCUT2D eigenvalue weighted by molar-refractivity contribution is -0.141. The van der Waals surface area contributed by atoms with Gasteiger partial charge in [-0.3, -0.25) is 14.3 Å². The van der Waals surface area contributed by atoms with Gasteiger partial charge >= 0.3 is 12.3 Å². The van der Waals surface area contributed by atoms with E-state index in [4.69, 9.17) is 0 Å². The molecule has 0 radical (unpaired) electrons. The first-order chi connectivity index (χ1) is 16.1. The summed E-state index contributed by atoms with van der Waals surface area (Å²) in [6.45, 7) is 0.678. The van der Waals surface area contributed by atoms with Gasteiger partial charge in [0, 0.05) is 60.7 Å². The number of halogens is 3. The number of rotatable bonds is 2. The van der Waals surface area contributed by atoms with Crippen molar-refractivity contribution in [3.63, 3.8) is 0 Å². The van der Waals surface area contributed by atoms with Gasteiger partial charge in [-0.2, -0.15) is 13.2 Å². The number of carbonyl (C=O) groups is 1. The molecule has 11 heteroatoms. The number of alkyl halides is 3. The third-order valence-corrected chi connectivity index (χ3v) is 6.05. The highest BCUT2D eigenvalue weighted by atomic mass is 19.4. The van der Waals surface area contributed by atoms with Crippen molar-refractivity contribution < 1.29 is 23.1 Å². The summed E-state index contributed by atoms with van der Waals surface area (Å²) in [6.07, 6.45) is -2.34. The number of nitrogens with zero attached hydrogens (tertiary/aromatic N) is 5. The molecular weight excluding hydrogens is 451 g/mol. The highest BCUT2D eigenvalue weighted by molar-refractivity contribution is 5.84. The van der Waals surface area contributed by atoms with Gasteiger partial charge in [0.25, 0.3) is 5.56 Å². The number of hydrogen-bond acceptors (Lipinski definition) is 4. The van der Waals surface area contributed by atoms with Crippen molar-refractivity contribution in [1.29, 1.82) is 0 Å². The predicted octanol–water partition coefficient (Wildman–Crippen LogP) is 3.84. The van der Waals surface area contributed by atoms with Gasteiger partial charge in [0.1, 0.15) is 17.2 Å². The topological polar surface area (TPSA) is 93.3 Å². The molecule has 1 aliphatic rings. The molecule has 1 amide bonds. The number of fused-ring (bicyclic) bond motifs is 3. The minimum atomic E-state index is -4.53. The molecule has 1 aliphatic heterocycles. The zero-order valence-electron chi connectivity index (χ0n) is 17.9. The van der Waals surface area contributed by atoms with E-state index < -0.39 is 23.5 Å². The van der Waals surface area contributed by atoms with E-state index in [1.807, 2.05) is 17.7 Å². The Balaban J connectivity index is 1.50. The second kappa shape index (κ2) is 7.72. The van der Waals surface area contributed by atoms with Gasteiger partial charge in [-0.15, -0.1) is 0 Å². The smallest absolute Gasteiger partial charge is 0.433 e. The lowest BCUT2D eigenvalue weighted by atomic mass is 10.1. The molecule has 0 saturated heterocycles. The number of pyridine rings is 3. The first kappa shape index (κ1) is 21.7. The van der Waals surface area contributed by atoms with Crippen molar-refractivity contribution in [1.82, 2.24) is 24.0 Å². The van der Waals surface area contributed by atoms with Crippen molar-refractivity contribution in [2.24, 2.45) is 7.05 Å². The van der Waals surface area contributed by atoms with Crippen LogP contribution in [0.15, 0.2) is 53.6 Å². The molecule has 4 aromatic heterocycles. The summed E-state index contributed by atoms with van der Waals surface area (Å²) in [5, 5.41) is 10.2. The maximum atomic E-state index is 12.8. The number of aryl methyl sites for hydroxylation is 1. The molecule has 0 aromatic carbocycles. The standard InChI is InChI=1S/C23H18F3N5O3/c1-29-17-7-8-30(22(33)34)12-16(17)15-3-5-19(28-21(15)29)31-9-6-13(10-20(31)32)14-2-4-18(27-11-14)23(24,25)26/h2-6,9-11H,7-8,12H2,1H3,(H,33,34). The molecule has 0 aliphatic carbocycles. The molecule has 0 spiro atoms. The van der Waals surface area contributed by atoms with Gasteiger partial charge < -0.3 is 14.6 Å². The van der Waals surface area contributed by atoms with Crippen LogP contribution in [0, 0.1) is 0 Å². The molecule has 0 atom stereocenters. The minimum absolute atomic E-state index is 0.277. The first-order valence-electron chi connectivity index (χ1n) is 10.4. The van der Waals surface area contributed by atoms with Gasteiger partial charge in [0.15, 0.2) is 0 Å². The Hall–Kier alpha value is -4.15. The van der Waals surface area contributed by atoms with Crippen molar-refractivity contribution in [2.75, 3.05) is 6.54 Å². The summed E-state index contributed by atoms with van der Waals surface area (Å²) in [5.74, 6) is 0.377. The van der Waals surface area contributed by atoms with Gasteiger partial charge in [-0.25, -0.2) is 9.78 Å². The normalized spacial score (nSPS) is 13.8. The summed E-state index contributed by atoms with van der Waals surface area (Å²) in [4.78, 5) is 33.6. The molecule has 0 bridgehead atoms. The van der Waals surface area contributed by atoms with E-state index in [-0.39, 0.29) is 6.54 Å². The fourth-order valence-electron chi connectivity index (χ4n) is 4.30. The number of hydrogen-bond donors (Lipinski definition) is 1. The van der Waals surface area contributed by atoms with Crippen LogP contribution in [0.25, 0.3) is 28.0 Å². The minimum Gasteiger partial charge on any atom is -0.465 e. The Kier molecular flexibility index (Phi) is 4.92. The number of carboxylic acid groups (broad SMARTS) is 1. The predicted molar refractivity (Wildman–Crippen MR) is 117 cm³/mol. The number of aromatic nitrogens is 4. The fourth-order valence-corrected chi connectivity index (χ4v) is 4.30. The summed E-state index contributed by atoms with van der Waals surface area (Å²) in [6, 6.07) is 8.58. The Morgan fingerprint density at radius 2 is 1.91 bits per heavy atom. The zero-order chi connectivity index (χ0) is 24.2. The van der Waals surface area contributed by atoms with Gasteiger partial charge in [0.05, 0.1) is 6.54 Å². The lowest BCUT2D eigenvalue weighted by Crippen LogP contribution is -2.34. The molecule has 5 heterocycles. The fraction of sp³-hybridized carbons (Fsp3) is 0.217. The van der Waals surface area contributed by atoms with E-state index in [9.17, 15) is 27.9 Å². The van der Waals surface area contributed by atoms with E-state index in [2.05, 4.69) is 9.97 Å². The average Bonchev–Trinajstić information content (AvgIpc) is 3.09. The number of amides is 1. The van der Waals surface area contributed by atoms with Crippen LogP contribution in [0.2, 0.25) is 0 Å². The van der Waals surface area contributed by atoms with E-state index in [1.54, 1.807) is 12.1 Å². The van der Waals surface area contributed by atoms with Crippen LogP contribution in [0.4, 0.5) is 18.0 Å². The van der Waals surface area contributed by atoms with Crippen molar-refractivity contribution in [3.8, 4) is 16.9 Å². The second-order valence-corrected chi connectivity index (χ2v) is 8.03. The Morgan fingerprint density at radius 3 is 2.56 bits per heavy atom. The van der Waals surface area contributed by atoms with E-state index >= 15 is 0 Å². The maximum Gasteiger partial charge on any atom is 0.433 e. The molecule has 0 unspecified atom stereocenters. The van der Waals surface area contributed by atoms with Crippen LogP contribution >= 0.6 is 0 Å². The van der Waals surface area contributed by atoms with Crippen molar-refractivity contribution in [3.05, 3.63) is 76.1 Å². The molecule has 0 fully saturated rings. The lowest BCUT2D eigenvalue weighted by Gasteiger charge is -2.25. The highest BCUT2D eigenvalue weighted by Crippen LogP contribution is 2.31. The highest BCUT2D eigenvalue weighted by Gasteiger charge is 2.32. The van der Waals surface area contributed by atoms with Gasteiger partial charge in [-0.05, 0) is 29.8 Å². The quantitative estimate of drug-likeness (QED) is 0.482. The van der Waals surface area contributed by atoms with Crippen LogP contribution in [-0.4, -0.2) is 41.7 Å². The van der Waals surface area contributed by atoms with Crippen molar-refractivity contribution in [2.45, 2.75) is 19.1 Å². The zero-order valence-corrected chi connectivity index (χ0v) is 17.9. The van der Waals surface area contributed by atoms with E-state index in [0.717, 1.165) is 28.9 Å². The van der Waals surface area contributed by atoms with E-state index in [0.29, 0.717) is 35.6 Å². The molecule has 1 N–H and O–H groups in total. The molecule has 8 nitrogen and oxygen atoms in total. The maximum absolute atomic E-state index is 12.8. The summed E-state index contributed by atoms with van der Waals surface area (Å²) in [5.41, 5.74) is 1.97. The van der Waals surface area contributed by atoms with Crippen LogP contribution in [0.5, 0.6) is 0 Å². The van der Waals surface area contributed by atoms with Crippen LogP contribution in [0.3, 0.4) is 0 Å². The Morgan fingerprint density at radius 1 is 1.12 bits per heavy atom. The summed E-state index contributed by atoms with van der Waals surface area (Å²) >= 11 is 0. The first-order valence-corrected chi connectivity index (χ1v) is 10.4. The van der Waals surface area contributed by atoms with Gasteiger partial charge in [0.2, 0.25) is 0 Å². The van der Waals surface area contributed by atoms with Gasteiger partial charge in [-0.1, -0.05) is 6.07 Å². The van der Waals surface area contributed by atoms with Crippen LogP contribution < -0.4 is 5.56 Å².